The van der Waals surface area contributed by atoms with E-state index in [-0.39, 0.29) is 11.5 Å². The molecule has 1 fully saturated rings. The number of piperazine rings is 1. The molecule has 148 valence electrons. The molecule has 0 aromatic heterocycles. The molecule has 0 radical (unpaired) electrons. The molecule has 0 bridgehead atoms. The molecule has 0 atom stereocenters. The summed E-state index contributed by atoms with van der Waals surface area (Å²) in [7, 11) is 0. The Hall–Kier alpha value is -2.77. The van der Waals surface area contributed by atoms with Gasteiger partial charge in [-0.05, 0) is 18.7 Å². The van der Waals surface area contributed by atoms with Gasteiger partial charge in [-0.2, -0.15) is 0 Å². The van der Waals surface area contributed by atoms with Gasteiger partial charge >= 0.3 is 0 Å². The molecule has 1 heterocycles. The van der Waals surface area contributed by atoms with Crippen LogP contribution in [-0.2, 0) is 0 Å². The zero-order valence-corrected chi connectivity index (χ0v) is 16.1. The lowest BCUT2D eigenvalue weighted by Crippen LogP contribution is -2.47. The van der Waals surface area contributed by atoms with Crippen LogP contribution in [0.3, 0.4) is 0 Å². The molecule has 0 aliphatic carbocycles. The molecule has 0 spiro atoms. The molecule has 7 nitrogen and oxygen atoms in total. The number of nitro benzene ring substituents is 1. The molecular formula is C21H26N4O3. The number of nitrogens with one attached hydrogen (secondary N) is 1. The van der Waals surface area contributed by atoms with Gasteiger partial charge in [-0.3, -0.25) is 19.8 Å². The Bertz CT molecular complexity index is 818. The minimum atomic E-state index is -0.440. The van der Waals surface area contributed by atoms with E-state index in [1.54, 1.807) is 36.4 Å². The van der Waals surface area contributed by atoms with Crippen molar-refractivity contribution in [3.05, 3.63) is 69.8 Å². The van der Waals surface area contributed by atoms with Gasteiger partial charge in [0.2, 0.25) is 0 Å². The summed E-state index contributed by atoms with van der Waals surface area (Å²) in [6.07, 6.45) is 0. The Kier molecular flexibility index (Phi) is 6.73. The summed E-state index contributed by atoms with van der Waals surface area (Å²) in [6, 6.07) is 13.4. The first-order valence-electron chi connectivity index (χ1n) is 9.65. The fourth-order valence-corrected chi connectivity index (χ4v) is 3.41. The van der Waals surface area contributed by atoms with Gasteiger partial charge in [0.05, 0.1) is 4.92 Å². The lowest BCUT2D eigenvalue weighted by atomic mass is 10.0. The summed E-state index contributed by atoms with van der Waals surface area (Å²) in [5, 5.41) is 14.7. The van der Waals surface area contributed by atoms with Crippen LogP contribution >= 0.6 is 0 Å². The quantitative estimate of drug-likeness (QED) is 0.430. The molecule has 1 aliphatic heterocycles. The predicted molar refractivity (Wildman–Crippen MR) is 110 cm³/mol. The fraction of sp³-hybridized carbons (Fsp3) is 0.381. The molecule has 0 unspecified atom stereocenters. The zero-order chi connectivity index (χ0) is 19.9. The first-order chi connectivity index (χ1) is 13.6. The molecule has 0 amide bonds. The topological polar surface area (TPSA) is 78.7 Å². The monoisotopic (exact) mass is 382 g/mol. The van der Waals surface area contributed by atoms with E-state index in [4.69, 9.17) is 0 Å². The third kappa shape index (κ3) is 4.94. The van der Waals surface area contributed by atoms with Gasteiger partial charge in [0.1, 0.15) is 5.69 Å². The minimum absolute atomic E-state index is 0.0717. The molecule has 1 aliphatic rings. The van der Waals surface area contributed by atoms with Gasteiger partial charge in [-0.15, -0.1) is 0 Å². The van der Waals surface area contributed by atoms with Gasteiger partial charge in [-0.25, -0.2) is 0 Å². The average molecular weight is 382 g/mol. The summed E-state index contributed by atoms with van der Waals surface area (Å²) in [5.74, 6) is -0.218. The van der Waals surface area contributed by atoms with Crippen LogP contribution in [0.2, 0.25) is 0 Å². The first kappa shape index (κ1) is 20.0. The van der Waals surface area contributed by atoms with Crippen molar-refractivity contribution in [2.24, 2.45) is 0 Å². The molecule has 7 heteroatoms. The molecule has 1 saturated heterocycles. The van der Waals surface area contributed by atoms with Crippen LogP contribution in [0.25, 0.3) is 0 Å². The highest BCUT2D eigenvalue weighted by atomic mass is 16.6. The number of carbonyl (C=O) groups excluding carboxylic acids is 1. The van der Waals surface area contributed by atoms with Crippen molar-refractivity contribution in [3.8, 4) is 0 Å². The van der Waals surface area contributed by atoms with Gasteiger partial charge in [-0.1, -0.05) is 37.3 Å². The Labute approximate surface area is 165 Å². The largest absolute Gasteiger partial charge is 0.378 e. The molecular weight excluding hydrogens is 356 g/mol. The van der Waals surface area contributed by atoms with Crippen LogP contribution in [0, 0.1) is 10.1 Å². The van der Waals surface area contributed by atoms with Crippen LogP contribution < -0.4 is 5.32 Å². The van der Waals surface area contributed by atoms with E-state index < -0.39 is 4.92 Å². The molecule has 2 aromatic rings. The van der Waals surface area contributed by atoms with E-state index >= 15 is 0 Å². The van der Waals surface area contributed by atoms with Gasteiger partial charge in [0.15, 0.2) is 5.78 Å². The van der Waals surface area contributed by atoms with E-state index in [1.165, 1.54) is 6.07 Å². The van der Waals surface area contributed by atoms with E-state index in [1.807, 2.05) is 6.07 Å². The number of likely N-dealkylation sites (N-methyl/N-ethyl adjacent to an activating group) is 1. The van der Waals surface area contributed by atoms with Crippen molar-refractivity contribution in [1.29, 1.82) is 0 Å². The zero-order valence-electron chi connectivity index (χ0n) is 16.1. The summed E-state index contributed by atoms with van der Waals surface area (Å²) in [4.78, 5) is 28.4. The van der Waals surface area contributed by atoms with Gasteiger partial charge in [0.25, 0.3) is 5.69 Å². The van der Waals surface area contributed by atoms with Gasteiger partial charge < -0.3 is 10.2 Å². The van der Waals surface area contributed by atoms with Crippen LogP contribution in [0.5, 0.6) is 0 Å². The van der Waals surface area contributed by atoms with Crippen molar-refractivity contribution in [2.75, 3.05) is 51.1 Å². The molecule has 3 rings (SSSR count). The highest BCUT2D eigenvalue weighted by Gasteiger charge is 2.19. The van der Waals surface area contributed by atoms with Crippen molar-refractivity contribution in [2.45, 2.75) is 6.92 Å². The Morgan fingerprint density at radius 2 is 1.71 bits per heavy atom. The second-order valence-electron chi connectivity index (χ2n) is 6.89. The van der Waals surface area contributed by atoms with E-state index in [0.29, 0.717) is 23.4 Å². The Balaban J connectivity index is 1.63. The summed E-state index contributed by atoms with van der Waals surface area (Å²) in [5.41, 5.74) is 1.21. The Morgan fingerprint density at radius 3 is 2.36 bits per heavy atom. The second kappa shape index (κ2) is 9.43. The van der Waals surface area contributed by atoms with Crippen molar-refractivity contribution < 1.29 is 9.72 Å². The van der Waals surface area contributed by atoms with Crippen LogP contribution in [-0.4, -0.2) is 66.3 Å². The highest BCUT2D eigenvalue weighted by molar-refractivity contribution is 6.09. The van der Waals surface area contributed by atoms with Crippen molar-refractivity contribution >= 4 is 17.2 Å². The number of ketones is 1. The van der Waals surface area contributed by atoms with Crippen LogP contribution in [0.15, 0.2) is 48.5 Å². The maximum atomic E-state index is 12.6. The second-order valence-corrected chi connectivity index (χ2v) is 6.89. The van der Waals surface area contributed by atoms with E-state index in [9.17, 15) is 14.9 Å². The lowest BCUT2D eigenvalue weighted by molar-refractivity contribution is -0.384. The summed E-state index contributed by atoms with van der Waals surface area (Å²) >= 11 is 0. The Morgan fingerprint density at radius 1 is 1.04 bits per heavy atom. The van der Waals surface area contributed by atoms with E-state index in [0.717, 1.165) is 39.3 Å². The average Bonchev–Trinajstić information content (AvgIpc) is 2.74. The summed E-state index contributed by atoms with van der Waals surface area (Å²) < 4.78 is 0. The van der Waals surface area contributed by atoms with Gasteiger partial charge in [0, 0.05) is 56.5 Å². The summed E-state index contributed by atoms with van der Waals surface area (Å²) in [6.45, 7) is 8.86. The molecule has 0 saturated carbocycles. The lowest BCUT2D eigenvalue weighted by Gasteiger charge is -2.34. The van der Waals surface area contributed by atoms with Crippen molar-refractivity contribution in [3.63, 3.8) is 0 Å². The maximum absolute atomic E-state index is 12.6. The smallest absolute Gasteiger partial charge is 0.293 e. The molecule has 1 N–H and O–H groups in total. The standard InChI is InChI=1S/C21H26N4O3/c1-2-23-12-14-24(15-13-23)11-10-22-19-9-8-18(16-20(19)25(27)28)21(26)17-6-4-3-5-7-17/h3-9,16,22H,2,10-15H2,1H3. The number of benzene rings is 2. The normalized spacial score (nSPS) is 15.3. The number of hydrogen-bond donors (Lipinski definition) is 1. The SMILES string of the molecule is CCN1CCN(CCNc2ccc(C(=O)c3ccccc3)cc2[N+](=O)[O-])CC1. The number of hydrogen-bond acceptors (Lipinski definition) is 6. The van der Waals surface area contributed by atoms with Crippen LogP contribution in [0.4, 0.5) is 11.4 Å². The third-order valence-corrected chi connectivity index (χ3v) is 5.15. The number of anilines is 1. The van der Waals surface area contributed by atoms with Crippen molar-refractivity contribution in [1.82, 2.24) is 9.80 Å². The molecule has 2 aromatic carbocycles. The minimum Gasteiger partial charge on any atom is -0.378 e. The molecule has 28 heavy (non-hydrogen) atoms. The predicted octanol–water partition coefficient (Wildman–Crippen LogP) is 2.88. The number of nitrogens with zero attached hydrogens (tertiary/aromatic N) is 3. The third-order valence-electron chi connectivity index (χ3n) is 5.15. The number of nitro groups is 1. The fourth-order valence-electron chi connectivity index (χ4n) is 3.41. The number of carbonyl (C=O) groups is 1. The number of rotatable bonds is 8. The van der Waals surface area contributed by atoms with E-state index in [2.05, 4.69) is 22.0 Å². The first-order valence-corrected chi connectivity index (χ1v) is 9.65. The van der Waals surface area contributed by atoms with Crippen LogP contribution in [0.1, 0.15) is 22.8 Å². The maximum Gasteiger partial charge on any atom is 0.293 e. The highest BCUT2D eigenvalue weighted by Crippen LogP contribution is 2.26.